The van der Waals surface area contributed by atoms with Gasteiger partial charge in [0.2, 0.25) is 5.91 Å². The van der Waals surface area contributed by atoms with Crippen LogP contribution in [0.1, 0.15) is 35.7 Å². The van der Waals surface area contributed by atoms with E-state index >= 15 is 0 Å². The Labute approximate surface area is 112 Å². The Balaban J connectivity index is 1.91. The number of primary amides is 1. The van der Waals surface area contributed by atoms with Gasteiger partial charge in [0.25, 0.3) is 0 Å². The number of halogens is 1. The second-order valence-electron chi connectivity index (χ2n) is 5.18. The van der Waals surface area contributed by atoms with Crippen LogP contribution in [-0.4, -0.2) is 24.7 Å². The maximum absolute atomic E-state index is 13.7. The van der Waals surface area contributed by atoms with E-state index < -0.39 is 11.7 Å². The molecule has 0 radical (unpaired) electrons. The first kappa shape index (κ1) is 14.0. The van der Waals surface area contributed by atoms with Crippen LogP contribution in [0.5, 0.6) is 0 Å². The van der Waals surface area contributed by atoms with Gasteiger partial charge in [0.05, 0.1) is 5.60 Å². The fraction of sp³-hybridized carbons (Fsp3) is 0.500. The lowest BCUT2D eigenvalue weighted by atomic mass is 10.0. The molecule has 19 heavy (non-hydrogen) atoms. The van der Waals surface area contributed by atoms with Crippen LogP contribution in [0.3, 0.4) is 0 Å². The second kappa shape index (κ2) is 5.67. The van der Waals surface area contributed by atoms with Crippen LogP contribution in [0.2, 0.25) is 0 Å². The lowest BCUT2D eigenvalue weighted by Crippen LogP contribution is -2.36. The van der Waals surface area contributed by atoms with E-state index in [0.717, 1.165) is 19.4 Å². The third kappa shape index (κ3) is 3.52. The van der Waals surface area contributed by atoms with E-state index in [1.807, 2.05) is 0 Å². The van der Waals surface area contributed by atoms with E-state index in [9.17, 15) is 9.18 Å². The van der Waals surface area contributed by atoms with Gasteiger partial charge in [-0.25, -0.2) is 4.39 Å². The minimum Gasteiger partial charge on any atom is -0.374 e. The summed E-state index contributed by atoms with van der Waals surface area (Å²) in [7, 11) is 0. The van der Waals surface area contributed by atoms with Crippen LogP contribution in [0, 0.1) is 5.82 Å². The van der Waals surface area contributed by atoms with E-state index in [0.29, 0.717) is 18.7 Å². The lowest BCUT2D eigenvalue weighted by molar-refractivity contribution is 0.0206. The lowest BCUT2D eigenvalue weighted by Gasteiger charge is -2.23. The Morgan fingerprint density at radius 2 is 2.37 bits per heavy atom. The van der Waals surface area contributed by atoms with Gasteiger partial charge in [-0.3, -0.25) is 4.79 Å². The first-order valence-corrected chi connectivity index (χ1v) is 6.43. The van der Waals surface area contributed by atoms with Crippen molar-refractivity contribution in [2.45, 2.75) is 31.9 Å². The number of carbonyl (C=O) groups excluding carboxylic acids is 1. The van der Waals surface area contributed by atoms with Crippen LogP contribution in [0.25, 0.3) is 0 Å². The highest BCUT2D eigenvalue weighted by atomic mass is 19.1. The molecular formula is C14H19FN2O2. The van der Waals surface area contributed by atoms with E-state index in [4.69, 9.17) is 10.5 Å². The number of benzene rings is 1. The van der Waals surface area contributed by atoms with Crippen molar-refractivity contribution in [2.24, 2.45) is 5.73 Å². The minimum atomic E-state index is -0.620. The molecule has 0 bridgehead atoms. The highest BCUT2D eigenvalue weighted by molar-refractivity contribution is 5.92. The number of nitrogens with one attached hydrogen (secondary N) is 1. The molecule has 0 saturated carbocycles. The summed E-state index contributed by atoms with van der Waals surface area (Å²) >= 11 is 0. The van der Waals surface area contributed by atoms with Gasteiger partial charge in [0.15, 0.2) is 0 Å². The number of rotatable bonds is 5. The number of hydrogen-bond acceptors (Lipinski definition) is 3. The van der Waals surface area contributed by atoms with E-state index in [2.05, 4.69) is 12.2 Å². The molecule has 1 unspecified atom stereocenters. The molecule has 1 saturated heterocycles. The van der Waals surface area contributed by atoms with Gasteiger partial charge in [-0.2, -0.15) is 0 Å². The van der Waals surface area contributed by atoms with E-state index in [1.165, 1.54) is 12.1 Å². The van der Waals surface area contributed by atoms with Crippen LogP contribution in [-0.2, 0) is 11.3 Å². The number of nitrogens with two attached hydrogens (primary N) is 1. The fourth-order valence-electron chi connectivity index (χ4n) is 2.28. The molecule has 3 N–H and O–H groups in total. The first-order chi connectivity index (χ1) is 9.00. The quantitative estimate of drug-likeness (QED) is 0.850. The summed E-state index contributed by atoms with van der Waals surface area (Å²) in [6.45, 7) is 3.94. The van der Waals surface area contributed by atoms with Crippen LogP contribution >= 0.6 is 0 Å². The first-order valence-electron chi connectivity index (χ1n) is 6.43. The molecule has 5 heteroatoms. The van der Waals surface area contributed by atoms with Gasteiger partial charge in [-0.1, -0.05) is 6.07 Å². The second-order valence-corrected chi connectivity index (χ2v) is 5.18. The van der Waals surface area contributed by atoms with Crippen molar-refractivity contribution < 1.29 is 13.9 Å². The molecule has 1 atom stereocenters. The minimum absolute atomic E-state index is 0.149. The Morgan fingerprint density at radius 1 is 1.58 bits per heavy atom. The zero-order valence-corrected chi connectivity index (χ0v) is 11.0. The van der Waals surface area contributed by atoms with Crippen LogP contribution in [0.4, 0.5) is 4.39 Å². The molecule has 1 fully saturated rings. The molecule has 0 aromatic heterocycles. The zero-order chi connectivity index (χ0) is 13.9. The molecule has 1 amide bonds. The standard InChI is InChI=1S/C14H19FN2O2/c1-14(5-2-6-19-14)9-17-8-11-4-3-10(13(16)18)7-12(11)15/h3-4,7,17H,2,5-6,8-9H2,1H3,(H2,16,18). The molecule has 104 valence electrons. The molecule has 1 aliphatic heterocycles. The largest absolute Gasteiger partial charge is 0.374 e. The summed E-state index contributed by atoms with van der Waals surface area (Å²) in [6.07, 6.45) is 2.09. The smallest absolute Gasteiger partial charge is 0.248 e. The van der Waals surface area contributed by atoms with Crippen molar-refractivity contribution >= 4 is 5.91 Å². The van der Waals surface area contributed by atoms with Crippen molar-refractivity contribution in [2.75, 3.05) is 13.2 Å². The van der Waals surface area contributed by atoms with Crippen molar-refractivity contribution in [1.82, 2.24) is 5.32 Å². The Hall–Kier alpha value is -1.46. The predicted octanol–water partition coefficient (Wildman–Crippen LogP) is 1.58. The monoisotopic (exact) mass is 266 g/mol. The summed E-state index contributed by atoms with van der Waals surface area (Å²) in [4.78, 5) is 10.9. The molecule has 1 aromatic carbocycles. The highest BCUT2D eigenvalue weighted by Crippen LogP contribution is 2.24. The highest BCUT2D eigenvalue weighted by Gasteiger charge is 2.29. The van der Waals surface area contributed by atoms with Gasteiger partial charge in [0.1, 0.15) is 5.82 Å². The maximum Gasteiger partial charge on any atom is 0.248 e. The average molecular weight is 266 g/mol. The number of ether oxygens (including phenoxy) is 1. The molecule has 1 aliphatic rings. The van der Waals surface area contributed by atoms with Gasteiger partial charge in [-0.05, 0) is 31.9 Å². The van der Waals surface area contributed by atoms with E-state index in [-0.39, 0.29) is 11.2 Å². The van der Waals surface area contributed by atoms with Crippen molar-refractivity contribution in [3.8, 4) is 0 Å². The summed E-state index contributed by atoms with van der Waals surface area (Å²) in [6, 6.07) is 4.30. The van der Waals surface area contributed by atoms with Crippen molar-refractivity contribution in [1.29, 1.82) is 0 Å². The molecule has 0 spiro atoms. The SMILES string of the molecule is CC1(CNCc2ccc(C(N)=O)cc2F)CCCO1. The summed E-state index contributed by atoms with van der Waals surface area (Å²) in [5.41, 5.74) is 5.65. The van der Waals surface area contributed by atoms with Crippen molar-refractivity contribution in [3.05, 3.63) is 35.1 Å². The van der Waals surface area contributed by atoms with Gasteiger partial charge in [-0.15, -0.1) is 0 Å². The molecule has 2 rings (SSSR count). The number of amides is 1. The normalized spacial score (nSPS) is 22.6. The third-order valence-corrected chi connectivity index (χ3v) is 3.45. The van der Waals surface area contributed by atoms with Gasteiger partial charge < -0.3 is 15.8 Å². The Morgan fingerprint density at radius 3 is 2.95 bits per heavy atom. The molecule has 1 heterocycles. The van der Waals surface area contributed by atoms with Crippen molar-refractivity contribution in [3.63, 3.8) is 0 Å². The molecule has 4 nitrogen and oxygen atoms in total. The number of carbonyl (C=O) groups is 1. The summed E-state index contributed by atoms with van der Waals surface area (Å²) < 4.78 is 19.4. The third-order valence-electron chi connectivity index (χ3n) is 3.45. The number of hydrogen-bond donors (Lipinski definition) is 2. The molecule has 1 aromatic rings. The van der Waals surface area contributed by atoms with Crippen LogP contribution in [0.15, 0.2) is 18.2 Å². The van der Waals surface area contributed by atoms with E-state index in [1.54, 1.807) is 6.07 Å². The Bertz CT molecular complexity index is 471. The van der Waals surface area contributed by atoms with Gasteiger partial charge >= 0.3 is 0 Å². The predicted molar refractivity (Wildman–Crippen MR) is 70.2 cm³/mol. The zero-order valence-electron chi connectivity index (χ0n) is 11.0. The summed E-state index contributed by atoms with van der Waals surface area (Å²) in [5, 5.41) is 3.19. The topological polar surface area (TPSA) is 64.3 Å². The molecular weight excluding hydrogens is 247 g/mol. The molecule has 0 aliphatic carbocycles. The average Bonchev–Trinajstić information content (AvgIpc) is 2.78. The van der Waals surface area contributed by atoms with Crippen LogP contribution < -0.4 is 11.1 Å². The summed E-state index contributed by atoms with van der Waals surface area (Å²) in [5.74, 6) is -1.04. The van der Waals surface area contributed by atoms with Gasteiger partial charge in [0, 0.05) is 30.8 Å². The maximum atomic E-state index is 13.7. The fourth-order valence-corrected chi connectivity index (χ4v) is 2.28. The Kier molecular flexibility index (Phi) is 4.17.